The van der Waals surface area contributed by atoms with E-state index < -0.39 is 0 Å². The molecule has 3 aliphatic heterocycles. The van der Waals surface area contributed by atoms with Crippen LogP contribution in [0.15, 0.2) is 0 Å². The molecule has 0 spiro atoms. The molecular weight excluding hydrogens is 240 g/mol. The van der Waals surface area contributed by atoms with Crippen molar-refractivity contribution in [2.24, 2.45) is 5.41 Å². The Labute approximate surface area is 109 Å². The van der Waals surface area contributed by atoms with Crippen molar-refractivity contribution < 1.29 is 9.47 Å². The van der Waals surface area contributed by atoms with Gasteiger partial charge in [-0.05, 0) is 18.4 Å². The Hall–Kier alpha value is 0.130. The quantitative estimate of drug-likeness (QED) is 0.786. The summed E-state index contributed by atoms with van der Waals surface area (Å²) < 4.78 is 11.4. The Morgan fingerprint density at radius 3 is 2.59 bits per heavy atom. The number of hydrogen-bond donors (Lipinski definition) is 1. The van der Waals surface area contributed by atoms with Gasteiger partial charge in [0, 0.05) is 26.2 Å². The Morgan fingerprint density at radius 2 is 2.00 bits per heavy atom. The van der Waals surface area contributed by atoms with E-state index in [1.165, 1.54) is 19.5 Å². The van der Waals surface area contributed by atoms with Crippen LogP contribution in [0.3, 0.4) is 0 Å². The summed E-state index contributed by atoms with van der Waals surface area (Å²) in [5.74, 6) is 0. The fourth-order valence-electron chi connectivity index (χ4n) is 3.20. The smallest absolute Gasteiger partial charge is 0.0940 e. The first-order valence-corrected chi connectivity index (χ1v) is 6.40. The highest BCUT2D eigenvalue weighted by Gasteiger charge is 2.36. The number of nitrogens with zero attached hydrogens (tertiary/aromatic N) is 1. The maximum absolute atomic E-state index is 5.87. The summed E-state index contributed by atoms with van der Waals surface area (Å²) in [6.45, 7) is 9.60. The molecule has 3 rings (SSSR count). The van der Waals surface area contributed by atoms with Gasteiger partial charge in [-0.15, -0.1) is 12.4 Å². The molecule has 100 valence electrons. The van der Waals surface area contributed by atoms with Crippen LogP contribution in [0.4, 0.5) is 0 Å². The lowest BCUT2D eigenvalue weighted by Gasteiger charge is -2.43. The van der Waals surface area contributed by atoms with Crippen molar-refractivity contribution in [3.05, 3.63) is 0 Å². The van der Waals surface area contributed by atoms with Gasteiger partial charge in [-0.2, -0.15) is 0 Å². The normalized spacial score (nSPS) is 42.2. The fourth-order valence-corrected chi connectivity index (χ4v) is 3.20. The van der Waals surface area contributed by atoms with Gasteiger partial charge in [-0.25, -0.2) is 0 Å². The molecular formula is C12H23ClN2O2. The van der Waals surface area contributed by atoms with Crippen LogP contribution in [-0.2, 0) is 9.47 Å². The summed E-state index contributed by atoms with van der Waals surface area (Å²) >= 11 is 0. The monoisotopic (exact) mass is 262 g/mol. The number of nitrogens with one attached hydrogen (secondary N) is 1. The van der Waals surface area contributed by atoms with E-state index in [9.17, 15) is 0 Å². The summed E-state index contributed by atoms with van der Waals surface area (Å²) in [5, 5.41) is 3.47. The van der Waals surface area contributed by atoms with Gasteiger partial charge in [0.25, 0.3) is 0 Å². The molecule has 0 aromatic heterocycles. The molecule has 17 heavy (non-hydrogen) atoms. The van der Waals surface area contributed by atoms with Crippen molar-refractivity contribution in [2.45, 2.75) is 25.6 Å². The molecule has 2 bridgehead atoms. The van der Waals surface area contributed by atoms with Crippen molar-refractivity contribution in [1.29, 1.82) is 0 Å². The first-order chi connectivity index (χ1) is 7.73. The van der Waals surface area contributed by atoms with E-state index in [0.717, 1.165) is 32.8 Å². The first kappa shape index (κ1) is 13.6. The van der Waals surface area contributed by atoms with Crippen molar-refractivity contribution in [2.75, 3.05) is 45.9 Å². The van der Waals surface area contributed by atoms with E-state index in [2.05, 4.69) is 17.1 Å². The maximum Gasteiger partial charge on any atom is 0.0940 e. The van der Waals surface area contributed by atoms with Crippen LogP contribution in [0.25, 0.3) is 0 Å². The Balaban J connectivity index is 0.00000108. The third kappa shape index (κ3) is 3.12. The highest BCUT2D eigenvalue weighted by Crippen LogP contribution is 2.28. The van der Waals surface area contributed by atoms with E-state index in [1.54, 1.807) is 0 Å². The number of halogens is 1. The molecule has 0 saturated carbocycles. The van der Waals surface area contributed by atoms with Gasteiger partial charge in [-0.3, -0.25) is 4.90 Å². The second-order valence-corrected chi connectivity index (χ2v) is 5.85. The summed E-state index contributed by atoms with van der Waals surface area (Å²) in [4.78, 5) is 2.58. The van der Waals surface area contributed by atoms with Gasteiger partial charge in [0.15, 0.2) is 0 Å². The van der Waals surface area contributed by atoms with Crippen molar-refractivity contribution in [1.82, 2.24) is 10.2 Å². The van der Waals surface area contributed by atoms with Gasteiger partial charge in [0.05, 0.1) is 25.4 Å². The van der Waals surface area contributed by atoms with E-state index in [0.29, 0.717) is 17.6 Å². The third-order valence-corrected chi connectivity index (χ3v) is 3.98. The topological polar surface area (TPSA) is 33.7 Å². The molecule has 0 aromatic rings. The minimum absolute atomic E-state index is 0. The molecule has 3 heterocycles. The summed E-state index contributed by atoms with van der Waals surface area (Å²) in [7, 11) is 0. The molecule has 0 amide bonds. The zero-order valence-electron chi connectivity index (χ0n) is 10.5. The minimum Gasteiger partial charge on any atom is -0.376 e. The lowest BCUT2D eigenvalue weighted by molar-refractivity contribution is -0.182. The lowest BCUT2D eigenvalue weighted by Crippen LogP contribution is -2.56. The van der Waals surface area contributed by atoms with Crippen molar-refractivity contribution in [3.63, 3.8) is 0 Å². The van der Waals surface area contributed by atoms with E-state index in [4.69, 9.17) is 9.47 Å². The van der Waals surface area contributed by atoms with Gasteiger partial charge < -0.3 is 14.8 Å². The zero-order valence-corrected chi connectivity index (χ0v) is 11.3. The van der Waals surface area contributed by atoms with E-state index in [-0.39, 0.29) is 12.4 Å². The second-order valence-electron chi connectivity index (χ2n) is 5.85. The van der Waals surface area contributed by atoms with Gasteiger partial charge in [-0.1, -0.05) is 6.92 Å². The van der Waals surface area contributed by atoms with Crippen LogP contribution in [0.5, 0.6) is 0 Å². The number of fused-ring (bicyclic) bond motifs is 2. The standard InChI is InChI=1S/C12H22N2O2.ClH/c1-12(2-3-13-8-12)9-14-4-10-6-15-7-11(5-14)16-10;/h10-11,13H,2-9H2,1H3;1H. The molecule has 5 heteroatoms. The van der Waals surface area contributed by atoms with Gasteiger partial charge in [0.2, 0.25) is 0 Å². The Bertz CT molecular complexity index is 247. The predicted molar refractivity (Wildman–Crippen MR) is 68.8 cm³/mol. The van der Waals surface area contributed by atoms with Crippen LogP contribution in [0.1, 0.15) is 13.3 Å². The van der Waals surface area contributed by atoms with Crippen LogP contribution < -0.4 is 5.32 Å². The Kier molecular flexibility index (Phi) is 4.31. The molecule has 3 aliphatic rings. The largest absolute Gasteiger partial charge is 0.376 e. The average Bonchev–Trinajstić information content (AvgIpc) is 2.64. The number of hydrogen-bond acceptors (Lipinski definition) is 4. The number of rotatable bonds is 2. The first-order valence-electron chi connectivity index (χ1n) is 6.40. The third-order valence-electron chi connectivity index (χ3n) is 3.98. The molecule has 1 N–H and O–H groups in total. The summed E-state index contributed by atoms with van der Waals surface area (Å²) in [5.41, 5.74) is 0.465. The van der Waals surface area contributed by atoms with Crippen molar-refractivity contribution in [3.8, 4) is 0 Å². The number of ether oxygens (including phenoxy) is 2. The lowest BCUT2D eigenvalue weighted by atomic mass is 9.88. The predicted octanol–water partition coefficient (Wildman–Crippen LogP) is 0.507. The second kappa shape index (κ2) is 5.41. The molecule has 0 aromatic carbocycles. The molecule has 4 nitrogen and oxygen atoms in total. The van der Waals surface area contributed by atoms with E-state index in [1.807, 2.05) is 0 Å². The van der Waals surface area contributed by atoms with Gasteiger partial charge in [0.1, 0.15) is 0 Å². The summed E-state index contributed by atoms with van der Waals surface area (Å²) in [6.07, 6.45) is 1.92. The van der Waals surface area contributed by atoms with E-state index >= 15 is 0 Å². The molecule has 0 radical (unpaired) electrons. The summed E-state index contributed by atoms with van der Waals surface area (Å²) in [6, 6.07) is 0. The maximum atomic E-state index is 5.87. The zero-order chi connectivity index (χ0) is 11.0. The van der Waals surface area contributed by atoms with Crippen LogP contribution in [-0.4, -0.2) is 63.0 Å². The number of morpholine rings is 1. The SMILES string of the molecule is CC1(CN2CC3COCC(C2)O3)CCNC1.Cl. The van der Waals surface area contributed by atoms with Crippen LogP contribution >= 0.6 is 12.4 Å². The Morgan fingerprint density at radius 1 is 1.29 bits per heavy atom. The van der Waals surface area contributed by atoms with Crippen molar-refractivity contribution >= 4 is 12.4 Å². The minimum atomic E-state index is 0. The van der Waals surface area contributed by atoms with Crippen LogP contribution in [0.2, 0.25) is 0 Å². The molecule has 3 atom stereocenters. The average molecular weight is 263 g/mol. The molecule has 3 unspecified atom stereocenters. The van der Waals surface area contributed by atoms with Gasteiger partial charge >= 0.3 is 0 Å². The molecule has 3 saturated heterocycles. The highest BCUT2D eigenvalue weighted by molar-refractivity contribution is 5.85. The fraction of sp³-hybridized carbons (Fsp3) is 1.00. The van der Waals surface area contributed by atoms with Crippen LogP contribution in [0, 0.1) is 5.41 Å². The molecule has 0 aliphatic carbocycles. The highest BCUT2D eigenvalue weighted by atomic mass is 35.5. The molecule has 3 fully saturated rings.